The molecule has 0 bridgehead atoms. The van der Waals surface area contributed by atoms with Gasteiger partial charge in [-0.3, -0.25) is 0 Å². The molecule has 0 fully saturated rings. The first-order valence-corrected chi connectivity index (χ1v) is 14.5. The molecule has 1 aromatic heterocycles. The minimum absolute atomic E-state index is 0.348. The van der Waals surface area contributed by atoms with Crippen LogP contribution >= 0.6 is 0 Å². The van der Waals surface area contributed by atoms with E-state index < -0.39 is 0 Å². The summed E-state index contributed by atoms with van der Waals surface area (Å²) in [7, 11) is 0. The fourth-order valence-electron chi connectivity index (χ4n) is 5.87. The lowest BCUT2D eigenvalue weighted by atomic mass is 9.94. The first kappa shape index (κ1) is 25.0. The average molecular weight is 553 g/mol. The molecule has 0 saturated carbocycles. The van der Waals surface area contributed by atoms with Gasteiger partial charge in [0.2, 0.25) is 0 Å². The summed E-state index contributed by atoms with van der Waals surface area (Å²) in [5, 5.41) is 6.03. The number of H-pyrrole nitrogens is 1. The third kappa shape index (κ3) is 4.79. The number of rotatable bonds is 5. The van der Waals surface area contributed by atoms with E-state index in [0.717, 1.165) is 61.6 Å². The Hall–Kier alpha value is -5.74. The maximum atomic E-state index is 5.16. The molecule has 1 unspecified atom stereocenters. The van der Waals surface area contributed by atoms with E-state index in [-0.39, 0.29) is 6.17 Å². The highest BCUT2D eigenvalue weighted by molar-refractivity contribution is 6.16. The van der Waals surface area contributed by atoms with E-state index in [9.17, 15) is 0 Å². The molecule has 4 nitrogen and oxygen atoms in total. The van der Waals surface area contributed by atoms with Gasteiger partial charge in [-0.25, -0.2) is 9.98 Å². The van der Waals surface area contributed by atoms with Crippen LogP contribution in [-0.2, 0) is 0 Å². The van der Waals surface area contributed by atoms with Crippen LogP contribution in [-0.4, -0.2) is 16.7 Å². The molecule has 6 aromatic carbocycles. The van der Waals surface area contributed by atoms with Crippen molar-refractivity contribution in [1.82, 2.24) is 10.3 Å². The second-order valence-electron chi connectivity index (χ2n) is 10.8. The van der Waals surface area contributed by atoms with E-state index in [4.69, 9.17) is 9.98 Å². The number of para-hydroxylation sites is 1. The summed E-state index contributed by atoms with van der Waals surface area (Å²) in [5.74, 6) is 1.61. The van der Waals surface area contributed by atoms with Crippen molar-refractivity contribution in [3.63, 3.8) is 0 Å². The molecule has 0 spiro atoms. The van der Waals surface area contributed by atoms with Gasteiger partial charge in [0.05, 0.1) is 0 Å². The van der Waals surface area contributed by atoms with E-state index in [1.807, 2.05) is 36.4 Å². The van der Waals surface area contributed by atoms with Gasteiger partial charge in [-0.1, -0.05) is 115 Å². The number of amidine groups is 2. The Bertz CT molecular complexity index is 2140. The summed E-state index contributed by atoms with van der Waals surface area (Å²) in [6.45, 7) is 0. The molecule has 43 heavy (non-hydrogen) atoms. The second-order valence-corrected chi connectivity index (χ2v) is 10.8. The Morgan fingerprint density at radius 2 is 0.953 bits per heavy atom. The van der Waals surface area contributed by atoms with Gasteiger partial charge in [-0.2, -0.15) is 0 Å². The van der Waals surface area contributed by atoms with Crippen LogP contribution in [0.2, 0.25) is 0 Å². The summed E-state index contributed by atoms with van der Waals surface area (Å²) in [4.78, 5) is 13.7. The van der Waals surface area contributed by atoms with E-state index >= 15 is 0 Å². The Morgan fingerprint density at radius 3 is 1.70 bits per heavy atom. The van der Waals surface area contributed by atoms with Crippen molar-refractivity contribution in [2.45, 2.75) is 6.17 Å². The van der Waals surface area contributed by atoms with Gasteiger partial charge < -0.3 is 10.3 Å². The average Bonchev–Trinajstić information content (AvgIpc) is 3.47. The highest BCUT2D eigenvalue weighted by Crippen LogP contribution is 2.34. The number of fused-ring (bicyclic) bond motifs is 3. The summed E-state index contributed by atoms with van der Waals surface area (Å²) in [6, 6.07) is 53.0. The topological polar surface area (TPSA) is 52.5 Å². The first-order valence-electron chi connectivity index (χ1n) is 14.5. The number of nitrogens with zero attached hydrogens (tertiary/aromatic N) is 2. The largest absolute Gasteiger partial charge is 0.355 e. The summed E-state index contributed by atoms with van der Waals surface area (Å²) in [5.41, 5.74) is 9.96. The Balaban J connectivity index is 1.30. The Kier molecular flexibility index (Phi) is 6.16. The summed E-state index contributed by atoms with van der Waals surface area (Å²) in [6.07, 6.45) is -0.348. The maximum Gasteiger partial charge on any atom is 0.169 e. The lowest BCUT2D eigenvalue weighted by Gasteiger charge is -2.23. The van der Waals surface area contributed by atoms with Gasteiger partial charge in [0.25, 0.3) is 0 Å². The van der Waals surface area contributed by atoms with Crippen molar-refractivity contribution in [1.29, 1.82) is 0 Å². The molecule has 8 rings (SSSR count). The minimum Gasteiger partial charge on any atom is -0.355 e. The van der Waals surface area contributed by atoms with E-state index in [1.165, 1.54) is 10.8 Å². The lowest BCUT2D eigenvalue weighted by molar-refractivity contribution is 0.756. The number of aromatic amines is 1. The highest BCUT2D eigenvalue weighted by Gasteiger charge is 2.21. The van der Waals surface area contributed by atoms with Crippen LogP contribution in [0.25, 0.3) is 44.1 Å². The van der Waals surface area contributed by atoms with Crippen molar-refractivity contribution in [2.75, 3.05) is 0 Å². The van der Waals surface area contributed by atoms with Crippen molar-refractivity contribution < 1.29 is 0 Å². The number of aromatic nitrogens is 1. The molecule has 1 aliphatic heterocycles. The molecule has 204 valence electrons. The van der Waals surface area contributed by atoms with E-state index in [1.54, 1.807) is 0 Å². The van der Waals surface area contributed by atoms with Crippen molar-refractivity contribution >= 4 is 33.5 Å². The third-order valence-electron chi connectivity index (χ3n) is 8.04. The minimum atomic E-state index is -0.348. The molecule has 0 amide bonds. The smallest absolute Gasteiger partial charge is 0.169 e. The molecule has 1 aliphatic rings. The van der Waals surface area contributed by atoms with Gasteiger partial charge in [-0.15, -0.1) is 0 Å². The van der Waals surface area contributed by atoms with Gasteiger partial charge in [0.15, 0.2) is 6.17 Å². The zero-order valence-corrected chi connectivity index (χ0v) is 23.4. The number of hydrogen-bond donors (Lipinski definition) is 2. The van der Waals surface area contributed by atoms with Crippen molar-refractivity contribution in [2.24, 2.45) is 9.98 Å². The van der Waals surface area contributed by atoms with Crippen LogP contribution in [0.15, 0.2) is 162 Å². The SMILES string of the molecule is c1ccc(C2=NC(c3ccccc3)N=C(c3cc(-c4ccccc4)cc(-c4ccc5[nH]c6ccccc6c5c4)c3)N2)cc1. The van der Waals surface area contributed by atoms with Crippen LogP contribution in [0, 0.1) is 0 Å². The standard InChI is InChI=1S/C39H28N4/c1-4-12-26(13-5-1)30-22-31(29-20-21-36-34(25-29)33-18-10-11-19-35(33)40-36)24-32(23-30)39-42-37(27-14-6-2-7-15-27)41-38(43-39)28-16-8-3-9-17-28/h1-25,37,40H,(H,41,42,43). The van der Waals surface area contributed by atoms with Crippen LogP contribution in [0.1, 0.15) is 22.9 Å². The molecule has 0 aliphatic carbocycles. The lowest BCUT2D eigenvalue weighted by Crippen LogP contribution is -2.36. The number of benzene rings is 6. The molecule has 1 atom stereocenters. The summed E-state index contributed by atoms with van der Waals surface area (Å²) < 4.78 is 0. The van der Waals surface area contributed by atoms with E-state index in [2.05, 4.69) is 126 Å². The zero-order valence-electron chi connectivity index (χ0n) is 23.4. The second kappa shape index (κ2) is 10.6. The normalized spacial score (nSPS) is 14.7. The molecule has 7 aromatic rings. The molecular weight excluding hydrogens is 524 g/mol. The number of nitrogens with one attached hydrogen (secondary N) is 2. The van der Waals surface area contributed by atoms with Crippen LogP contribution in [0.3, 0.4) is 0 Å². The monoisotopic (exact) mass is 552 g/mol. The number of hydrogen-bond acceptors (Lipinski definition) is 3. The first-order chi connectivity index (χ1) is 21.3. The molecule has 0 radical (unpaired) electrons. The molecule has 2 heterocycles. The predicted octanol–water partition coefficient (Wildman–Crippen LogP) is 9.15. The van der Waals surface area contributed by atoms with Crippen LogP contribution in [0.5, 0.6) is 0 Å². The molecule has 2 N–H and O–H groups in total. The number of aliphatic imine (C=N–C) groups is 2. The quantitative estimate of drug-likeness (QED) is 0.220. The van der Waals surface area contributed by atoms with Gasteiger partial charge in [-0.05, 0) is 64.2 Å². The Morgan fingerprint density at radius 1 is 0.395 bits per heavy atom. The van der Waals surface area contributed by atoms with Crippen molar-refractivity contribution in [3.05, 3.63) is 168 Å². The van der Waals surface area contributed by atoms with Gasteiger partial charge in [0.1, 0.15) is 11.7 Å². The molecular formula is C39H28N4. The highest BCUT2D eigenvalue weighted by atomic mass is 15.2. The van der Waals surface area contributed by atoms with Crippen LogP contribution in [0.4, 0.5) is 0 Å². The van der Waals surface area contributed by atoms with Crippen LogP contribution < -0.4 is 5.32 Å². The predicted molar refractivity (Wildman–Crippen MR) is 179 cm³/mol. The third-order valence-corrected chi connectivity index (χ3v) is 8.04. The van der Waals surface area contributed by atoms with Gasteiger partial charge >= 0.3 is 0 Å². The molecule has 4 heteroatoms. The fraction of sp³-hybridized carbons (Fsp3) is 0.0256. The maximum absolute atomic E-state index is 5.16. The van der Waals surface area contributed by atoms with E-state index in [0.29, 0.717) is 0 Å². The fourth-order valence-corrected chi connectivity index (χ4v) is 5.87. The Labute approximate surface area is 250 Å². The van der Waals surface area contributed by atoms with Gasteiger partial charge in [0, 0.05) is 32.9 Å². The zero-order chi connectivity index (χ0) is 28.6. The van der Waals surface area contributed by atoms with Crippen molar-refractivity contribution in [3.8, 4) is 22.3 Å². The molecule has 0 saturated heterocycles. The summed E-state index contributed by atoms with van der Waals surface area (Å²) >= 11 is 0.